The molecule has 0 spiro atoms. The van der Waals surface area contributed by atoms with Crippen LogP contribution in [0.5, 0.6) is 0 Å². The summed E-state index contributed by atoms with van der Waals surface area (Å²) in [5, 5.41) is 0. The maximum absolute atomic E-state index is 11.8. The van der Waals surface area contributed by atoms with E-state index in [0.717, 1.165) is 31.6 Å². The Kier molecular flexibility index (Phi) is 6.19. The zero-order valence-corrected chi connectivity index (χ0v) is 12.1. The lowest BCUT2D eigenvalue weighted by Gasteiger charge is -2.23. The number of nitrogen functional groups attached to an aromatic ring is 1. The summed E-state index contributed by atoms with van der Waals surface area (Å²) in [6, 6.07) is 5.56. The monoisotopic (exact) mass is 264 g/mol. The van der Waals surface area contributed by atoms with Gasteiger partial charge in [-0.2, -0.15) is 0 Å². The van der Waals surface area contributed by atoms with E-state index >= 15 is 0 Å². The van der Waals surface area contributed by atoms with Crippen molar-refractivity contribution in [2.24, 2.45) is 0 Å². The molecule has 106 valence electrons. The Morgan fingerprint density at radius 2 is 2.05 bits per heavy atom. The van der Waals surface area contributed by atoms with Crippen LogP contribution in [0, 0.1) is 0 Å². The molecule has 0 bridgehead atoms. The van der Waals surface area contributed by atoms with Crippen molar-refractivity contribution < 1.29 is 9.53 Å². The number of ether oxygens (including phenoxy) is 1. The Balaban J connectivity index is 2.96. The van der Waals surface area contributed by atoms with Crippen molar-refractivity contribution in [1.29, 1.82) is 0 Å². The molecular weight excluding hydrogens is 240 g/mol. The van der Waals surface area contributed by atoms with Gasteiger partial charge >= 0.3 is 5.97 Å². The molecule has 0 unspecified atom stereocenters. The van der Waals surface area contributed by atoms with Crippen LogP contribution in [0.25, 0.3) is 0 Å². The molecule has 0 aliphatic heterocycles. The van der Waals surface area contributed by atoms with Gasteiger partial charge in [-0.05, 0) is 38.5 Å². The molecule has 0 radical (unpaired) electrons. The van der Waals surface area contributed by atoms with E-state index in [0.29, 0.717) is 17.9 Å². The number of esters is 1. The van der Waals surface area contributed by atoms with E-state index in [9.17, 15) is 4.79 Å². The molecule has 0 amide bonds. The van der Waals surface area contributed by atoms with Crippen molar-refractivity contribution >= 4 is 17.3 Å². The summed E-state index contributed by atoms with van der Waals surface area (Å²) in [6.07, 6.45) is 2.28. The van der Waals surface area contributed by atoms with Crippen LogP contribution in [0.4, 0.5) is 11.4 Å². The van der Waals surface area contributed by atoms with Gasteiger partial charge in [-0.1, -0.05) is 13.3 Å². The Morgan fingerprint density at radius 1 is 1.32 bits per heavy atom. The molecule has 0 heterocycles. The highest BCUT2D eigenvalue weighted by atomic mass is 16.5. The van der Waals surface area contributed by atoms with Crippen molar-refractivity contribution in [2.45, 2.75) is 33.6 Å². The molecule has 0 aliphatic carbocycles. The second kappa shape index (κ2) is 7.67. The molecule has 2 N–H and O–H groups in total. The number of anilines is 2. The summed E-state index contributed by atoms with van der Waals surface area (Å²) >= 11 is 0. The molecule has 4 nitrogen and oxygen atoms in total. The lowest BCUT2D eigenvalue weighted by molar-refractivity contribution is 0.0527. The summed E-state index contributed by atoms with van der Waals surface area (Å²) in [4.78, 5) is 14.1. The third-order valence-electron chi connectivity index (χ3n) is 3.06. The fourth-order valence-electron chi connectivity index (χ4n) is 1.95. The van der Waals surface area contributed by atoms with E-state index in [-0.39, 0.29) is 5.97 Å². The predicted molar refractivity (Wildman–Crippen MR) is 79.6 cm³/mol. The van der Waals surface area contributed by atoms with Gasteiger partial charge in [-0.15, -0.1) is 0 Å². The predicted octanol–water partition coefficient (Wildman–Crippen LogP) is 3.07. The van der Waals surface area contributed by atoms with Crippen LogP contribution in [0.2, 0.25) is 0 Å². The molecule has 0 aromatic heterocycles. The molecule has 1 rings (SSSR count). The van der Waals surface area contributed by atoms with E-state index in [4.69, 9.17) is 10.5 Å². The number of carbonyl (C=O) groups is 1. The standard InChI is InChI=1S/C15H24N2O2/c1-4-7-10-17(5-2)12-8-9-14(16)13(11-12)15(18)19-6-3/h8-9,11H,4-7,10,16H2,1-3H3. The minimum absolute atomic E-state index is 0.353. The van der Waals surface area contributed by atoms with Crippen molar-refractivity contribution in [1.82, 2.24) is 0 Å². The molecule has 0 aliphatic rings. The quantitative estimate of drug-likeness (QED) is 0.607. The SMILES string of the molecule is CCCCN(CC)c1ccc(N)c(C(=O)OCC)c1. The molecule has 0 saturated carbocycles. The Labute approximate surface area is 115 Å². The molecule has 0 atom stereocenters. The average molecular weight is 264 g/mol. The summed E-state index contributed by atoms with van der Waals surface area (Å²) in [5.74, 6) is -0.353. The number of nitrogens with zero attached hydrogens (tertiary/aromatic N) is 1. The van der Waals surface area contributed by atoms with Crippen LogP contribution in [-0.2, 0) is 4.74 Å². The topological polar surface area (TPSA) is 55.6 Å². The number of hydrogen-bond donors (Lipinski definition) is 1. The summed E-state index contributed by atoms with van der Waals surface area (Å²) < 4.78 is 5.02. The maximum Gasteiger partial charge on any atom is 0.340 e. The van der Waals surface area contributed by atoms with Crippen LogP contribution >= 0.6 is 0 Å². The van der Waals surface area contributed by atoms with Gasteiger partial charge in [0.25, 0.3) is 0 Å². The van der Waals surface area contributed by atoms with Gasteiger partial charge in [-0.25, -0.2) is 4.79 Å². The lowest BCUT2D eigenvalue weighted by atomic mass is 10.1. The normalized spacial score (nSPS) is 10.3. The third kappa shape index (κ3) is 4.16. The number of hydrogen-bond acceptors (Lipinski definition) is 4. The Hall–Kier alpha value is -1.71. The molecule has 0 saturated heterocycles. The van der Waals surface area contributed by atoms with Gasteiger partial charge < -0.3 is 15.4 Å². The fraction of sp³-hybridized carbons (Fsp3) is 0.533. The molecular formula is C15H24N2O2. The van der Waals surface area contributed by atoms with E-state index in [1.807, 2.05) is 12.1 Å². The average Bonchev–Trinajstić information content (AvgIpc) is 2.41. The molecule has 1 aromatic rings. The summed E-state index contributed by atoms with van der Waals surface area (Å²) in [7, 11) is 0. The smallest absolute Gasteiger partial charge is 0.340 e. The van der Waals surface area contributed by atoms with Crippen LogP contribution in [-0.4, -0.2) is 25.7 Å². The highest BCUT2D eigenvalue weighted by Crippen LogP contribution is 2.22. The highest BCUT2D eigenvalue weighted by Gasteiger charge is 2.13. The van der Waals surface area contributed by atoms with Crippen molar-refractivity contribution in [2.75, 3.05) is 30.3 Å². The van der Waals surface area contributed by atoms with Crippen LogP contribution in [0.15, 0.2) is 18.2 Å². The maximum atomic E-state index is 11.8. The largest absolute Gasteiger partial charge is 0.462 e. The number of benzene rings is 1. The summed E-state index contributed by atoms with van der Waals surface area (Å²) in [5.41, 5.74) is 7.78. The fourth-order valence-corrected chi connectivity index (χ4v) is 1.95. The first kappa shape index (κ1) is 15.3. The number of unbranched alkanes of at least 4 members (excludes halogenated alkanes) is 1. The first-order valence-corrected chi connectivity index (χ1v) is 6.95. The van der Waals surface area contributed by atoms with Gasteiger partial charge in [-0.3, -0.25) is 0 Å². The first-order chi connectivity index (χ1) is 9.13. The Morgan fingerprint density at radius 3 is 2.63 bits per heavy atom. The number of nitrogens with two attached hydrogens (primary N) is 1. The Bertz CT molecular complexity index is 419. The van der Waals surface area contributed by atoms with Crippen molar-refractivity contribution in [3.8, 4) is 0 Å². The van der Waals surface area contributed by atoms with Crippen molar-refractivity contribution in [3.05, 3.63) is 23.8 Å². The van der Waals surface area contributed by atoms with E-state index in [2.05, 4.69) is 18.7 Å². The van der Waals surface area contributed by atoms with E-state index < -0.39 is 0 Å². The second-order valence-corrected chi connectivity index (χ2v) is 4.43. The van der Waals surface area contributed by atoms with Gasteiger partial charge in [0.15, 0.2) is 0 Å². The molecule has 0 fully saturated rings. The second-order valence-electron chi connectivity index (χ2n) is 4.43. The lowest BCUT2D eigenvalue weighted by Crippen LogP contribution is -2.24. The molecule has 4 heteroatoms. The minimum atomic E-state index is -0.353. The molecule has 1 aromatic carbocycles. The molecule has 19 heavy (non-hydrogen) atoms. The first-order valence-electron chi connectivity index (χ1n) is 6.95. The minimum Gasteiger partial charge on any atom is -0.462 e. The zero-order chi connectivity index (χ0) is 14.3. The summed E-state index contributed by atoms with van der Waals surface area (Å²) in [6.45, 7) is 8.32. The van der Waals surface area contributed by atoms with E-state index in [1.165, 1.54) is 0 Å². The van der Waals surface area contributed by atoms with Gasteiger partial charge in [0.05, 0.1) is 12.2 Å². The zero-order valence-electron chi connectivity index (χ0n) is 12.1. The van der Waals surface area contributed by atoms with Crippen molar-refractivity contribution in [3.63, 3.8) is 0 Å². The van der Waals surface area contributed by atoms with Crippen LogP contribution in [0.3, 0.4) is 0 Å². The van der Waals surface area contributed by atoms with E-state index in [1.54, 1.807) is 13.0 Å². The van der Waals surface area contributed by atoms with Gasteiger partial charge in [0.1, 0.15) is 0 Å². The van der Waals surface area contributed by atoms with Gasteiger partial charge in [0, 0.05) is 24.5 Å². The van der Waals surface area contributed by atoms with Crippen LogP contribution in [0.1, 0.15) is 44.0 Å². The highest BCUT2D eigenvalue weighted by molar-refractivity contribution is 5.96. The number of carbonyl (C=O) groups excluding carboxylic acids is 1. The third-order valence-corrected chi connectivity index (χ3v) is 3.06. The van der Waals surface area contributed by atoms with Gasteiger partial charge in [0.2, 0.25) is 0 Å². The van der Waals surface area contributed by atoms with Crippen LogP contribution < -0.4 is 10.6 Å². The number of rotatable bonds is 7.